The Balaban J connectivity index is 3.28. The van der Waals surface area contributed by atoms with Crippen LogP contribution in [-0.4, -0.2) is 31.6 Å². The van der Waals surface area contributed by atoms with Crippen molar-refractivity contribution >= 4 is 0 Å². The van der Waals surface area contributed by atoms with Crippen molar-refractivity contribution in [1.82, 2.24) is 4.90 Å². The zero-order valence-electron chi connectivity index (χ0n) is 6.42. The van der Waals surface area contributed by atoms with Gasteiger partial charge in [0.15, 0.2) is 0 Å². The van der Waals surface area contributed by atoms with Gasteiger partial charge in [-0.25, -0.2) is 5.11 Å². The number of hydrogen-bond acceptors (Lipinski definition) is 1. The fourth-order valence-electron chi connectivity index (χ4n) is 0.617. The third kappa shape index (κ3) is 5.54. The zero-order valence-corrected chi connectivity index (χ0v) is 6.42. The lowest BCUT2D eigenvalue weighted by molar-refractivity contribution is 0.232. The highest BCUT2D eigenvalue weighted by molar-refractivity contribution is 4.85. The van der Waals surface area contributed by atoms with Crippen LogP contribution in [0.15, 0.2) is 24.8 Å². The lowest BCUT2D eigenvalue weighted by Gasteiger charge is -2.09. The second-order valence-electron chi connectivity index (χ2n) is 2.15. The highest BCUT2D eigenvalue weighted by Crippen LogP contribution is 1.82. The molecule has 0 fully saturated rings. The molecule has 1 radical (unpaired) electrons. The molecule has 0 unspecified atom stereocenters. The van der Waals surface area contributed by atoms with Gasteiger partial charge in [-0.3, -0.25) is 4.90 Å². The lowest BCUT2D eigenvalue weighted by Crippen LogP contribution is -2.17. The fourth-order valence-corrected chi connectivity index (χ4v) is 0.617. The van der Waals surface area contributed by atoms with E-state index in [1.165, 1.54) is 0 Å². The van der Waals surface area contributed by atoms with Crippen molar-refractivity contribution < 1.29 is 5.11 Å². The summed E-state index contributed by atoms with van der Waals surface area (Å²) in [4.78, 5) is 2.07. The molecule has 0 rings (SSSR count). The van der Waals surface area contributed by atoms with Crippen LogP contribution in [0.3, 0.4) is 0 Å². The first-order valence-corrected chi connectivity index (χ1v) is 3.33. The van der Waals surface area contributed by atoms with Crippen molar-refractivity contribution in [3.63, 3.8) is 0 Å². The molecule has 0 saturated carbocycles. The quantitative estimate of drug-likeness (QED) is 0.524. The average Bonchev–Trinajstić information content (AvgIpc) is 1.89. The third-order valence-electron chi connectivity index (χ3n) is 1.12. The molecule has 0 heterocycles. The molecule has 0 amide bonds. The van der Waals surface area contributed by atoms with Crippen LogP contribution in [0.4, 0.5) is 0 Å². The van der Waals surface area contributed by atoms with Crippen molar-refractivity contribution in [3.8, 4) is 0 Å². The molecule has 0 N–H and O–H groups in total. The molecular formula is C8H14NO. The predicted octanol–water partition coefficient (Wildman–Crippen LogP) is 1.09. The molecule has 0 aromatic heterocycles. The predicted molar refractivity (Wildman–Crippen MR) is 42.4 cm³/mol. The van der Waals surface area contributed by atoms with E-state index in [-0.39, 0.29) is 6.61 Å². The summed E-state index contributed by atoms with van der Waals surface area (Å²) in [6.07, 6.45) is 5.33. The molecule has 10 heavy (non-hydrogen) atoms. The van der Waals surface area contributed by atoms with E-state index in [1.807, 2.05) is 19.2 Å². The van der Waals surface area contributed by atoms with E-state index in [2.05, 4.69) is 11.5 Å². The highest BCUT2D eigenvalue weighted by Gasteiger charge is 1.87. The van der Waals surface area contributed by atoms with E-state index in [1.54, 1.807) is 6.08 Å². The third-order valence-corrected chi connectivity index (χ3v) is 1.12. The van der Waals surface area contributed by atoms with Gasteiger partial charge in [-0.05, 0) is 7.05 Å². The largest absolute Gasteiger partial charge is 0.299 e. The van der Waals surface area contributed by atoms with Gasteiger partial charge in [-0.2, -0.15) is 0 Å². The van der Waals surface area contributed by atoms with Crippen LogP contribution in [0, 0.1) is 0 Å². The van der Waals surface area contributed by atoms with Gasteiger partial charge in [0, 0.05) is 13.1 Å². The Morgan fingerprint density at radius 1 is 1.40 bits per heavy atom. The van der Waals surface area contributed by atoms with Gasteiger partial charge < -0.3 is 0 Å². The summed E-state index contributed by atoms with van der Waals surface area (Å²) >= 11 is 0. The minimum Gasteiger partial charge on any atom is -0.299 e. The van der Waals surface area contributed by atoms with Gasteiger partial charge in [0.05, 0.1) is 0 Å². The number of nitrogens with zero attached hydrogens (tertiary/aromatic N) is 1. The van der Waals surface area contributed by atoms with Crippen LogP contribution in [0.1, 0.15) is 0 Å². The summed E-state index contributed by atoms with van der Waals surface area (Å²) in [6.45, 7) is 5.17. The lowest BCUT2D eigenvalue weighted by atomic mass is 10.4. The van der Waals surface area contributed by atoms with Gasteiger partial charge in [-0.15, -0.1) is 6.58 Å². The Hall–Kier alpha value is -0.600. The SMILES string of the molecule is C=CCN(C)C/C=C/C[O]. The Morgan fingerprint density at radius 2 is 2.10 bits per heavy atom. The molecule has 0 atom stereocenters. The molecule has 0 saturated heterocycles. The van der Waals surface area contributed by atoms with Gasteiger partial charge in [0.25, 0.3) is 0 Å². The summed E-state index contributed by atoms with van der Waals surface area (Å²) in [7, 11) is 1.98. The van der Waals surface area contributed by atoms with Crippen LogP contribution in [0.2, 0.25) is 0 Å². The van der Waals surface area contributed by atoms with E-state index >= 15 is 0 Å². The highest BCUT2D eigenvalue weighted by atomic mass is 16.2. The van der Waals surface area contributed by atoms with Crippen molar-refractivity contribution in [2.24, 2.45) is 0 Å². The van der Waals surface area contributed by atoms with Gasteiger partial charge in [-0.1, -0.05) is 18.2 Å². The molecule has 0 aliphatic heterocycles. The van der Waals surface area contributed by atoms with E-state index in [4.69, 9.17) is 0 Å². The number of likely N-dealkylation sites (N-methyl/N-ethyl adjacent to an activating group) is 1. The molecule has 0 aromatic rings. The molecule has 0 bridgehead atoms. The van der Waals surface area contributed by atoms with E-state index in [0.29, 0.717) is 0 Å². The smallest absolute Gasteiger partial charge is 0.100 e. The van der Waals surface area contributed by atoms with E-state index < -0.39 is 0 Å². The Kier molecular flexibility index (Phi) is 6.13. The standard InChI is InChI=1S/C8H14NO/c1-3-6-9(2)7-4-5-8-10/h3-5H,1,6-8H2,2H3/b5-4+. The van der Waals surface area contributed by atoms with Crippen molar-refractivity contribution in [1.29, 1.82) is 0 Å². The van der Waals surface area contributed by atoms with Crippen molar-refractivity contribution in [2.45, 2.75) is 0 Å². The van der Waals surface area contributed by atoms with Crippen LogP contribution in [0.5, 0.6) is 0 Å². The number of hydrogen-bond donors (Lipinski definition) is 0. The summed E-state index contributed by atoms with van der Waals surface area (Å²) < 4.78 is 0. The maximum absolute atomic E-state index is 9.94. The van der Waals surface area contributed by atoms with Crippen LogP contribution in [-0.2, 0) is 5.11 Å². The fraction of sp³-hybridized carbons (Fsp3) is 0.500. The molecule has 0 aliphatic rings. The van der Waals surface area contributed by atoms with Crippen LogP contribution < -0.4 is 0 Å². The molecule has 0 spiro atoms. The van der Waals surface area contributed by atoms with Gasteiger partial charge in [0.2, 0.25) is 0 Å². The first kappa shape index (κ1) is 9.40. The molecule has 2 nitrogen and oxygen atoms in total. The average molecular weight is 140 g/mol. The zero-order chi connectivity index (χ0) is 7.82. The number of rotatable bonds is 5. The normalized spacial score (nSPS) is 11.1. The van der Waals surface area contributed by atoms with E-state index in [0.717, 1.165) is 13.1 Å². The minimum atomic E-state index is -0.123. The summed E-state index contributed by atoms with van der Waals surface area (Å²) in [5.74, 6) is 0. The van der Waals surface area contributed by atoms with Crippen LogP contribution in [0.25, 0.3) is 0 Å². The molecule has 0 aliphatic carbocycles. The summed E-state index contributed by atoms with van der Waals surface area (Å²) in [5.41, 5.74) is 0. The van der Waals surface area contributed by atoms with Crippen molar-refractivity contribution in [2.75, 3.05) is 26.7 Å². The Bertz CT molecular complexity index is 110. The Morgan fingerprint density at radius 3 is 2.60 bits per heavy atom. The van der Waals surface area contributed by atoms with Crippen LogP contribution >= 0.6 is 0 Å². The van der Waals surface area contributed by atoms with Crippen molar-refractivity contribution in [3.05, 3.63) is 24.8 Å². The second-order valence-corrected chi connectivity index (χ2v) is 2.15. The van der Waals surface area contributed by atoms with Gasteiger partial charge in [0.1, 0.15) is 6.61 Å². The molecular weight excluding hydrogens is 126 g/mol. The second kappa shape index (κ2) is 6.52. The maximum Gasteiger partial charge on any atom is 0.100 e. The molecule has 2 heteroatoms. The monoisotopic (exact) mass is 140 g/mol. The summed E-state index contributed by atoms with van der Waals surface area (Å²) in [6, 6.07) is 0. The summed E-state index contributed by atoms with van der Waals surface area (Å²) in [5, 5.41) is 9.94. The minimum absolute atomic E-state index is 0.123. The molecule has 57 valence electrons. The maximum atomic E-state index is 9.94. The van der Waals surface area contributed by atoms with E-state index in [9.17, 15) is 5.11 Å². The first-order valence-electron chi connectivity index (χ1n) is 3.33. The Labute approximate surface area is 62.5 Å². The topological polar surface area (TPSA) is 23.1 Å². The molecule has 0 aromatic carbocycles. The first-order chi connectivity index (χ1) is 4.81. The van der Waals surface area contributed by atoms with Gasteiger partial charge >= 0.3 is 0 Å².